The van der Waals surface area contributed by atoms with Crippen molar-refractivity contribution in [2.24, 2.45) is 0 Å². The van der Waals surface area contributed by atoms with Gasteiger partial charge in [-0.2, -0.15) is 5.26 Å². The highest BCUT2D eigenvalue weighted by Gasteiger charge is 2.23. The lowest BCUT2D eigenvalue weighted by atomic mass is 10.1. The van der Waals surface area contributed by atoms with Crippen molar-refractivity contribution in [1.82, 2.24) is 4.90 Å². The highest BCUT2D eigenvalue weighted by atomic mass is 32.2. The standard InChI is InChI=1S/C16H22N2O2S/c1-3-13(4-2)18(10-11-19)16(20)14-7-5-6-8-15(14)21-12-9-17/h5-8,13,19H,3-4,10-12H2,1-2H3. The summed E-state index contributed by atoms with van der Waals surface area (Å²) in [6.07, 6.45) is 1.71. The maximum atomic E-state index is 12.8. The molecule has 0 aliphatic rings. The van der Waals surface area contributed by atoms with E-state index in [-0.39, 0.29) is 18.6 Å². The van der Waals surface area contributed by atoms with Crippen LogP contribution in [0.15, 0.2) is 29.2 Å². The molecule has 0 radical (unpaired) electrons. The van der Waals surface area contributed by atoms with E-state index >= 15 is 0 Å². The number of carbonyl (C=O) groups is 1. The number of hydrogen-bond acceptors (Lipinski definition) is 4. The Morgan fingerprint density at radius 1 is 1.38 bits per heavy atom. The fourth-order valence-electron chi connectivity index (χ4n) is 2.32. The van der Waals surface area contributed by atoms with Crippen molar-refractivity contribution in [3.05, 3.63) is 29.8 Å². The van der Waals surface area contributed by atoms with Crippen LogP contribution in [0.3, 0.4) is 0 Å². The van der Waals surface area contributed by atoms with E-state index in [0.717, 1.165) is 17.7 Å². The van der Waals surface area contributed by atoms with Crippen molar-refractivity contribution in [3.63, 3.8) is 0 Å². The minimum atomic E-state index is -0.0706. The largest absolute Gasteiger partial charge is 0.395 e. The van der Waals surface area contributed by atoms with Crippen molar-refractivity contribution >= 4 is 17.7 Å². The maximum Gasteiger partial charge on any atom is 0.255 e. The molecule has 1 aromatic rings. The number of aliphatic hydroxyl groups is 1. The first-order chi connectivity index (χ1) is 10.2. The second-order valence-corrected chi connectivity index (χ2v) is 5.65. The van der Waals surface area contributed by atoms with Crippen LogP contribution in [0.2, 0.25) is 0 Å². The van der Waals surface area contributed by atoms with Crippen molar-refractivity contribution in [2.45, 2.75) is 37.6 Å². The molecule has 0 bridgehead atoms. The van der Waals surface area contributed by atoms with E-state index < -0.39 is 0 Å². The van der Waals surface area contributed by atoms with Crippen LogP contribution in [-0.4, -0.2) is 40.9 Å². The number of thioether (sulfide) groups is 1. The smallest absolute Gasteiger partial charge is 0.255 e. The lowest BCUT2D eigenvalue weighted by molar-refractivity contribution is 0.0619. The molecule has 1 N–H and O–H groups in total. The Kier molecular flexibility index (Phi) is 7.88. The van der Waals surface area contributed by atoms with E-state index in [4.69, 9.17) is 5.26 Å². The first-order valence-electron chi connectivity index (χ1n) is 7.20. The van der Waals surface area contributed by atoms with Gasteiger partial charge >= 0.3 is 0 Å². The number of hydrogen-bond donors (Lipinski definition) is 1. The van der Waals surface area contributed by atoms with E-state index in [1.165, 1.54) is 11.8 Å². The number of aliphatic hydroxyl groups excluding tert-OH is 1. The highest BCUT2D eigenvalue weighted by Crippen LogP contribution is 2.24. The summed E-state index contributed by atoms with van der Waals surface area (Å²) in [7, 11) is 0. The molecule has 1 aromatic carbocycles. The minimum absolute atomic E-state index is 0.0459. The van der Waals surface area contributed by atoms with Crippen molar-refractivity contribution in [2.75, 3.05) is 18.9 Å². The molecular formula is C16H22N2O2S. The van der Waals surface area contributed by atoms with Gasteiger partial charge in [-0.15, -0.1) is 11.8 Å². The van der Waals surface area contributed by atoms with E-state index in [0.29, 0.717) is 17.9 Å². The maximum absolute atomic E-state index is 12.8. The van der Waals surface area contributed by atoms with Crippen LogP contribution in [-0.2, 0) is 0 Å². The SMILES string of the molecule is CCC(CC)N(CCO)C(=O)c1ccccc1SCC#N. The lowest BCUT2D eigenvalue weighted by Crippen LogP contribution is -2.41. The fourth-order valence-corrected chi connectivity index (χ4v) is 3.03. The second-order valence-electron chi connectivity index (χ2n) is 4.64. The Balaban J connectivity index is 3.06. The Hall–Kier alpha value is -1.51. The summed E-state index contributed by atoms with van der Waals surface area (Å²) in [4.78, 5) is 15.4. The summed E-state index contributed by atoms with van der Waals surface area (Å²) in [5.74, 6) is 0.244. The summed E-state index contributed by atoms with van der Waals surface area (Å²) in [6.45, 7) is 4.38. The normalized spacial score (nSPS) is 10.4. The van der Waals surface area contributed by atoms with E-state index in [1.807, 2.05) is 32.0 Å². The molecule has 0 saturated carbocycles. The predicted molar refractivity (Wildman–Crippen MR) is 85.3 cm³/mol. The summed E-state index contributed by atoms with van der Waals surface area (Å²) in [6, 6.07) is 9.54. The van der Waals surface area contributed by atoms with Gasteiger partial charge < -0.3 is 10.0 Å². The number of rotatable bonds is 8. The summed E-state index contributed by atoms with van der Waals surface area (Å²) < 4.78 is 0. The molecule has 0 aliphatic carbocycles. The van der Waals surface area contributed by atoms with Gasteiger partial charge in [0.2, 0.25) is 0 Å². The van der Waals surface area contributed by atoms with Gasteiger partial charge in [-0.1, -0.05) is 26.0 Å². The van der Waals surface area contributed by atoms with Crippen LogP contribution < -0.4 is 0 Å². The number of benzene rings is 1. The van der Waals surface area contributed by atoms with Gasteiger partial charge in [-0.05, 0) is 25.0 Å². The van der Waals surface area contributed by atoms with Crippen LogP contribution in [0.5, 0.6) is 0 Å². The summed E-state index contributed by atoms with van der Waals surface area (Å²) in [5, 5.41) is 18.0. The summed E-state index contributed by atoms with van der Waals surface area (Å²) in [5.41, 5.74) is 0.609. The van der Waals surface area contributed by atoms with Gasteiger partial charge in [0.1, 0.15) is 0 Å². The zero-order valence-electron chi connectivity index (χ0n) is 12.6. The average molecular weight is 306 g/mol. The molecule has 21 heavy (non-hydrogen) atoms. The molecule has 1 amide bonds. The molecule has 0 spiro atoms. The third-order valence-corrected chi connectivity index (χ3v) is 4.34. The van der Waals surface area contributed by atoms with E-state index in [1.54, 1.807) is 11.0 Å². The van der Waals surface area contributed by atoms with E-state index in [2.05, 4.69) is 6.07 Å². The molecule has 0 unspecified atom stereocenters. The Morgan fingerprint density at radius 3 is 2.62 bits per heavy atom. The molecule has 1 rings (SSSR count). The van der Waals surface area contributed by atoms with Gasteiger partial charge in [0.15, 0.2) is 0 Å². The van der Waals surface area contributed by atoms with Gasteiger partial charge in [0, 0.05) is 17.5 Å². The molecule has 0 heterocycles. The third-order valence-electron chi connectivity index (χ3n) is 3.39. The molecule has 0 atom stereocenters. The minimum Gasteiger partial charge on any atom is -0.395 e. The number of nitriles is 1. The number of nitrogens with zero attached hydrogens (tertiary/aromatic N) is 2. The van der Waals surface area contributed by atoms with Crippen LogP contribution >= 0.6 is 11.8 Å². The molecule has 0 aromatic heterocycles. The van der Waals surface area contributed by atoms with Gasteiger partial charge in [0.05, 0.1) is 24.0 Å². The highest BCUT2D eigenvalue weighted by molar-refractivity contribution is 7.99. The van der Waals surface area contributed by atoms with Crippen LogP contribution in [0.25, 0.3) is 0 Å². The van der Waals surface area contributed by atoms with Crippen LogP contribution in [0.4, 0.5) is 0 Å². The fraction of sp³-hybridized carbons (Fsp3) is 0.500. The monoisotopic (exact) mass is 306 g/mol. The van der Waals surface area contributed by atoms with Crippen LogP contribution in [0, 0.1) is 11.3 Å². The topological polar surface area (TPSA) is 64.3 Å². The first kappa shape index (κ1) is 17.5. The molecule has 5 heteroatoms. The quantitative estimate of drug-likeness (QED) is 0.750. The van der Waals surface area contributed by atoms with Crippen LogP contribution in [0.1, 0.15) is 37.0 Å². The third kappa shape index (κ3) is 4.76. The van der Waals surface area contributed by atoms with E-state index in [9.17, 15) is 9.90 Å². The zero-order chi connectivity index (χ0) is 15.7. The second kappa shape index (κ2) is 9.43. The van der Waals surface area contributed by atoms with Gasteiger partial charge in [-0.25, -0.2) is 0 Å². The molecule has 4 nitrogen and oxygen atoms in total. The van der Waals surface area contributed by atoms with Crippen molar-refractivity contribution in [3.8, 4) is 6.07 Å². The van der Waals surface area contributed by atoms with Gasteiger partial charge in [-0.3, -0.25) is 4.79 Å². The Morgan fingerprint density at radius 2 is 2.05 bits per heavy atom. The number of amides is 1. The molecule has 114 valence electrons. The Bertz CT molecular complexity index is 495. The number of carbonyl (C=O) groups excluding carboxylic acids is 1. The van der Waals surface area contributed by atoms with Crippen molar-refractivity contribution in [1.29, 1.82) is 5.26 Å². The lowest BCUT2D eigenvalue weighted by Gasteiger charge is -2.30. The van der Waals surface area contributed by atoms with Gasteiger partial charge in [0.25, 0.3) is 5.91 Å². The molecular weight excluding hydrogens is 284 g/mol. The first-order valence-corrected chi connectivity index (χ1v) is 8.18. The zero-order valence-corrected chi connectivity index (χ0v) is 13.4. The average Bonchev–Trinajstić information content (AvgIpc) is 2.52. The van der Waals surface area contributed by atoms with Crippen molar-refractivity contribution < 1.29 is 9.90 Å². The predicted octanol–water partition coefficient (Wildman–Crippen LogP) is 2.93. The summed E-state index contributed by atoms with van der Waals surface area (Å²) >= 11 is 1.37. The Labute approximate surface area is 130 Å². The molecule has 0 fully saturated rings. The molecule has 0 saturated heterocycles. The molecule has 0 aliphatic heterocycles.